The number of anilines is 1. The summed E-state index contributed by atoms with van der Waals surface area (Å²) < 4.78 is 5.21. The smallest absolute Gasteiger partial charge is 0.335 e. The van der Waals surface area contributed by atoms with E-state index in [0.717, 1.165) is 5.56 Å². The number of Topliss-reactive ketones (excluding diaryl/α,β-unsaturated/α-hetero) is 1. The fourth-order valence-electron chi connectivity index (χ4n) is 3.86. The molecule has 7 heteroatoms. The summed E-state index contributed by atoms with van der Waals surface area (Å²) in [6.45, 7) is 1.90. The van der Waals surface area contributed by atoms with E-state index in [-0.39, 0.29) is 22.6 Å². The van der Waals surface area contributed by atoms with Crippen LogP contribution in [-0.2, 0) is 9.59 Å². The van der Waals surface area contributed by atoms with E-state index in [1.165, 1.54) is 30.2 Å². The van der Waals surface area contributed by atoms with Crippen molar-refractivity contribution in [1.82, 2.24) is 0 Å². The SMILES string of the molecule is COc1ccc([C@@H]2/C(=C(\O)c3ccc(C)cc3)C(=O)C(=O)N2c2cccc(C(=O)O)c2)cc1. The summed E-state index contributed by atoms with van der Waals surface area (Å²) in [7, 11) is 1.52. The van der Waals surface area contributed by atoms with Gasteiger partial charge in [-0.3, -0.25) is 14.5 Å². The average Bonchev–Trinajstić information content (AvgIpc) is 3.09. The van der Waals surface area contributed by atoms with Gasteiger partial charge in [-0.05, 0) is 42.8 Å². The number of nitrogens with zero attached hydrogens (tertiary/aromatic N) is 1. The van der Waals surface area contributed by atoms with Crippen molar-refractivity contribution >= 4 is 29.1 Å². The molecular weight excluding hydrogens is 422 g/mol. The number of aromatic carboxylic acids is 1. The van der Waals surface area contributed by atoms with Crippen LogP contribution in [0.25, 0.3) is 5.76 Å². The monoisotopic (exact) mass is 443 g/mol. The number of benzene rings is 3. The number of hydrogen-bond acceptors (Lipinski definition) is 5. The van der Waals surface area contributed by atoms with E-state index >= 15 is 0 Å². The van der Waals surface area contributed by atoms with Gasteiger partial charge in [0, 0.05) is 11.3 Å². The lowest BCUT2D eigenvalue weighted by molar-refractivity contribution is -0.132. The Morgan fingerprint density at radius 3 is 2.18 bits per heavy atom. The summed E-state index contributed by atoms with van der Waals surface area (Å²) in [6.07, 6.45) is 0. The first-order chi connectivity index (χ1) is 15.8. The van der Waals surface area contributed by atoms with Crippen LogP contribution in [0.15, 0.2) is 78.4 Å². The van der Waals surface area contributed by atoms with Gasteiger partial charge >= 0.3 is 5.97 Å². The minimum Gasteiger partial charge on any atom is -0.507 e. The molecular formula is C26H21NO6. The molecule has 1 aliphatic rings. The number of rotatable bonds is 5. The summed E-state index contributed by atoms with van der Waals surface area (Å²) in [4.78, 5) is 39.0. The van der Waals surface area contributed by atoms with E-state index in [2.05, 4.69) is 0 Å². The third-order valence-electron chi connectivity index (χ3n) is 5.57. The van der Waals surface area contributed by atoms with Gasteiger partial charge in [0.25, 0.3) is 11.7 Å². The van der Waals surface area contributed by atoms with Gasteiger partial charge < -0.3 is 14.9 Å². The van der Waals surface area contributed by atoms with Crippen LogP contribution >= 0.6 is 0 Å². The molecule has 0 aromatic heterocycles. The third kappa shape index (κ3) is 3.96. The number of carbonyl (C=O) groups is 3. The molecule has 1 aliphatic heterocycles. The van der Waals surface area contributed by atoms with Crippen LogP contribution in [0.5, 0.6) is 5.75 Å². The summed E-state index contributed by atoms with van der Waals surface area (Å²) in [5, 5.41) is 20.5. The van der Waals surface area contributed by atoms with Gasteiger partial charge in [0.15, 0.2) is 0 Å². The fourth-order valence-corrected chi connectivity index (χ4v) is 3.86. The molecule has 1 amide bonds. The molecule has 1 saturated heterocycles. The molecule has 2 N–H and O–H groups in total. The quantitative estimate of drug-likeness (QED) is 0.346. The molecule has 1 heterocycles. The van der Waals surface area contributed by atoms with Crippen molar-refractivity contribution < 1.29 is 29.3 Å². The normalized spacial score (nSPS) is 17.3. The Morgan fingerprint density at radius 2 is 1.58 bits per heavy atom. The number of methoxy groups -OCH3 is 1. The first-order valence-corrected chi connectivity index (χ1v) is 10.2. The Kier molecular flexibility index (Phi) is 5.70. The standard InChI is InChI=1S/C26H21NO6/c1-15-6-8-17(9-7-15)23(28)21-22(16-10-12-20(33-2)13-11-16)27(25(30)24(21)29)19-5-3-4-18(14-19)26(31)32/h3-14,22,28H,1-2H3,(H,31,32)/b23-21+/t22-/m1/s1. The topological polar surface area (TPSA) is 104 Å². The summed E-state index contributed by atoms with van der Waals surface area (Å²) in [5.41, 5.74) is 2.07. The third-order valence-corrected chi connectivity index (χ3v) is 5.57. The van der Waals surface area contributed by atoms with E-state index < -0.39 is 23.7 Å². The van der Waals surface area contributed by atoms with Gasteiger partial charge in [-0.1, -0.05) is 48.0 Å². The van der Waals surface area contributed by atoms with Gasteiger partial charge in [0.05, 0.1) is 24.3 Å². The highest BCUT2D eigenvalue weighted by atomic mass is 16.5. The second-order valence-corrected chi connectivity index (χ2v) is 7.66. The largest absolute Gasteiger partial charge is 0.507 e. The predicted molar refractivity (Wildman–Crippen MR) is 122 cm³/mol. The highest BCUT2D eigenvalue weighted by Gasteiger charge is 2.47. The van der Waals surface area contributed by atoms with Gasteiger partial charge in [-0.15, -0.1) is 0 Å². The number of aryl methyl sites for hydroxylation is 1. The molecule has 0 bridgehead atoms. The number of ether oxygens (including phenoxy) is 1. The molecule has 1 fully saturated rings. The molecule has 4 rings (SSSR count). The molecule has 3 aromatic rings. The van der Waals surface area contributed by atoms with Crippen LogP contribution in [0.2, 0.25) is 0 Å². The Morgan fingerprint density at radius 1 is 0.909 bits per heavy atom. The van der Waals surface area contributed by atoms with E-state index in [9.17, 15) is 24.6 Å². The minimum absolute atomic E-state index is 0.0265. The van der Waals surface area contributed by atoms with Gasteiger partial charge in [-0.2, -0.15) is 0 Å². The number of ketones is 1. The van der Waals surface area contributed by atoms with Crippen LogP contribution in [-0.4, -0.2) is 35.0 Å². The zero-order chi connectivity index (χ0) is 23.7. The lowest BCUT2D eigenvalue weighted by Crippen LogP contribution is -2.29. The van der Waals surface area contributed by atoms with E-state index in [1.54, 1.807) is 54.6 Å². The van der Waals surface area contributed by atoms with Crippen molar-refractivity contribution in [2.24, 2.45) is 0 Å². The second kappa shape index (κ2) is 8.63. The van der Waals surface area contributed by atoms with Crippen molar-refractivity contribution in [3.8, 4) is 5.75 Å². The summed E-state index contributed by atoms with van der Waals surface area (Å²) in [6, 6.07) is 18.6. The number of carbonyl (C=O) groups excluding carboxylic acids is 2. The van der Waals surface area contributed by atoms with Crippen LogP contribution in [0.4, 0.5) is 5.69 Å². The molecule has 33 heavy (non-hydrogen) atoms. The van der Waals surface area contributed by atoms with Crippen LogP contribution in [0, 0.1) is 6.92 Å². The average molecular weight is 443 g/mol. The van der Waals surface area contributed by atoms with Crippen LogP contribution < -0.4 is 9.64 Å². The number of hydrogen-bond donors (Lipinski definition) is 2. The van der Waals surface area contributed by atoms with E-state index in [1.807, 2.05) is 6.92 Å². The predicted octanol–water partition coefficient (Wildman–Crippen LogP) is 4.33. The zero-order valence-corrected chi connectivity index (χ0v) is 18.0. The van der Waals surface area contributed by atoms with Crippen molar-refractivity contribution in [3.05, 3.63) is 101 Å². The van der Waals surface area contributed by atoms with Crippen LogP contribution in [0.1, 0.15) is 33.1 Å². The number of aliphatic hydroxyl groups is 1. The first-order valence-electron chi connectivity index (χ1n) is 10.2. The molecule has 0 saturated carbocycles. The summed E-state index contributed by atoms with van der Waals surface area (Å²) in [5.74, 6) is -2.58. The van der Waals surface area contributed by atoms with E-state index in [0.29, 0.717) is 16.9 Å². The number of amides is 1. The van der Waals surface area contributed by atoms with Gasteiger partial charge in [0.2, 0.25) is 0 Å². The molecule has 166 valence electrons. The molecule has 7 nitrogen and oxygen atoms in total. The minimum atomic E-state index is -1.16. The maximum Gasteiger partial charge on any atom is 0.335 e. The van der Waals surface area contributed by atoms with Gasteiger partial charge in [-0.25, -0.2) is 4.79 Å². The Bertz CT molecular complexity index is 1270. The number of carboxylic acid groups (broad SMARTS) is 1. The Hall–Kier alpha value is -4.39. The fraction of sp³-hybridized carbons (Fsp3) is 0.115. The maximum absolute atomic E-state index is 13.2. The zero-order valence-electron chi connectivity index (χ0n) is 18.0. The van der Waals surface area contributed by atoms with Crippen molar-refractivity contribution in [2.75, 3.05) is 12.0 Å². The molecule has 0 spiro atoms. The van der Waals surface area contributed by atoms with E-state index in [4.69, 9.17) is 4.74 Å². The Balaban J connectivity index is 1.94. The van der Waals surface area contributed by atoms with Crippen molar-refractivity contribution in [3.63, 3.8) is 0 Å². The van der Waals surface area contributed by atoms with Gasteiger partial charge in [0.1, 0.15) is 11.5 Å². The molecule has 1 atom stereocenters. The second-order valence-electron chi connectivity index (χ2n) is 7.66. The molecule has 0 unspecified atom stereocenters. The lowest BCUT2D eigenvalue weighted by Gasteiger charge is -2.25. The molecule has 0 radical (unpaired) electrons. The lowest BCUT2D eigenvalue weighted by atomic mass is 9.94. The van der Waals surface area contributed by atoms with Crippen LogP contribution in [0.3, 0.4) is 0 Å². The highest BCUT2D eigenvalue weighted by molar-refractivity contribution is 6.51. The Labute approximate surface area is 190 Å². The maximum atomic E-state index is 13.2. The highest BCUT2D eigenvalue weighted by Crippen LogP contribution is 2.42. The number of aliphatic hydroxyl groups excluding tert-OH is 1. The van der Waals surface area contributed by atoms with Crippen molar-refractivity contribution in [1.29, 1.82) is 0 Å². The number of carboxylic acids is 1. The van der Waals surface area contributed by atoms with Crippen molar-refractivity contribution in [2.45, 2.75) is 13.0 Å². The summed E-state index contributed by atoms with van der Waals surface area (Å²) >= 11 is 0. The first kappa shape index (κ1) is 21.8. The molecule has 3 aromatic carbocycles. The molecule has 0 aliphatic carbocycles.